The smallest absolute Gasteiger partial charge is 0.307 e. The predicted molar refractivity (Wildman–Crippen MR) is 122 cm³/mol. The predicted octanol–water partition coefficient (Wildman–Crippen LogP) is 6.00. The molecule has 0 unspecified atom stereocenters. The molecule has 4 aromatic rings. The van der Waals surface area contributed by atoms with E-state index < -0.39 is 16.4 Å². The van der Waals surface area contributed by atoms with Gasteiger partial charge in [-0.3, -0.25) is 10.1 Å². The summed E-state index contributed by atoms with van der Waals surface area (Å²) in [5.41, 5.74) is 2.28. The van der Waals surface area contributed by atoms with Gasteiger partial charge < -0.3 is 14.6 Å². The van der Waals surface area contributed by atoms with E-state index in [0.29, 0.717) is 16.2 Å². The first-order valence-corrected chi connectivity index (χ1v) is 10.7. The average Bonchev–Trinajstić information content (AvgIpc) is 3.56. The van der Waals surface area contributed by atoms with Crippen LogP contribution in [0, 0.1) is 15.9 Å². The monoisotopic (exact) mass is 497 g/mol. The van der Waals surface area contributed by atoms with Crippen molar-refractivity contribution in [3.63, 3.8) is 0 Å². The summed E-state index contributed by atoms with van der Waals surface area (Å²) in [7, 11) is 1.35. The van der Waals surface area contributed by atoms with Crippen LogP contribution in [-0.2, 0) is 0 Å². The minimum Gasteiger partial charge on any atom is -0.494 e. The van der Waals surface area contributed by atoms with Gasteiger partial charge in [0.2, 0.25) is 11.8 Å². The number of rotatable bonds is 6. The number of para-hydroxylation sites is 1. The zero-order valence-electron chi connectivity index (χ0n) is 16.9. The molecule has 0 spiro atoms. The first-order valence-electron chi connectivity index (χ1n) is 9.87. The lowest BCUT2D eigenvalue weighted by atomic mass is 10.1. The molecule has 162 valence electrons. The van der Waals surface area contributed by atoms with Crippen LogP contribution in [0.5, 0.6) is 5.75 Å². The highest BCUT2D eigenvalue weighted by atomic mass is 79.9. The van der Waals surface area contributed by atoms with Gasteiger partial charge in [-0.2, -0.15) is 4.39 Å². The van der Waals surface area contributed by atoms with Crippen LogP contribution >= 0.6 is 15.9 Å². The van der Waals surface area contributed by atoms with Crippen LogP contribution in [0.15, 0.2) is 53.3 Å². The number of hydrogen-bond acceptors (Lipinski definition) is 6. The van der Waals surface area contributed by atoms with E-state index in [9.17, 15) is 14.5 Å². The maximum Gasteiger partial charge on any atom is 0.307 e. The van der Waals surface area contributed by atoms with Crippen LogP contribution < -0.4 is 10.1 Å². The molecule has 5 rings (SSSR count). The Kier molecular flexibility index (Phi) is 5.01. The van der Waals surface area contributed by atoms with Crippen LogP contribution in [0.1, 0.15) is 18.9 Å². The van der Waals surface area contributed by atoms with Crippen LogP contribution in [0.25, 0.3) is 22.2 Å². The number of fused-ring (bicyclic) bond motifs is 1. The van der Waals surface area contributed by atoms with Gasteiger partial charge in [0, 0.05) is 47.0 Å². The summed E-state index contributed by atoms with van der Waals surface area (Å²) in [5.74, 6) is -0.681. The Labute approximate surface area is 190 Å². The molecule has 2 heterocycles. The molecule has 1 saturated carbocycles. The number of benzene rings is 2. The van der Waals surface area contributed by atoms with Crippen molar-refractivity contribution in [2.45, 2.75) is 18.9 Å². The Balaban J connectivity index is 1.59. The molecule has 1 fully saturated rings. The van der Waals surface area contributed by atoms with Crippen molar-refractivity contribution >= 4 is 44.2 Å². The molecule has 32 heavy (non-hydrogen) atoms. The Morgan fingerprint density at radius 1 is 1.31 bits per heavy atom. The maximum absolute atomic E-state index is 14.0. The molecule has 1 aliphatic rings. The van der Waals surface area contributed by atoms with Crippen molar-refractivity contribution in [3.05, 3.63) is 69.2 Å². The number of aromatic nitrogens is 3. The molecule has 1 aliphatic carbocycles. The lowest BCUT2D eigenvalue weighted by Crippen LogP contribution is -2.03. The summed E-state index contributed by atoms with van der Waals surface area (Å²) in [6, 6.07) is 10.7. The van der Waals surface area contributed by atoms with E-state index in [1.807, 2.05) is 12.1 Å². The molecule has 0 aliphatic heterocycles. The second kappa shape index (κ2) is 7.86. The second-order valence-corrected chi connectivity index (χ2v) is 8.33. The van der Waals surface area contributed by atoms with Gasteiger partial charge in [-0.05, 0) is 34.8 Å². The Hall–Kier alpha value is -3.53. The van der Waals surface area contributed by atoms with Crippen LogP contribution in [-0.4, -0.2) is 26.6 Å². The van der Waals surface area contributed by atoms with Crippen LogP contribution in [0.2, 0.25) is 0 Å². The number of ether oxygens (including phenoxy) is 1. The Morgan fingerprint density at radius 2 is 2.09 bits per heavy atom. The van der Waals surface area contributed by atoms with Gasteiger partial charge >= 0.3 is 5.69 Å². The normalized spacial score (nSPS) is 13.3. The van der Waals surface area contributed by atoms with Crippen LogP contribution in [0.4, 0.5) is 21.7 Å². The summed E-state index contributed by atoms with van der Waals surface area (Å²) in [4.78, 5) is 19.3. The Morgan fingerprint density at radius 3 is 2.81 bits per heavy atom. The van der Waals surface area contributed by atoms with E-state index in [0.717, 1.165) is 41.4 Å². The van der Waals surface area contributed by atoms with E-state index in [2.05, 4.69) is 54.1 Å². The first-order chi connectivity index (χ1) is 15.5. The third kappa shape index (κ3) is 3.56. The van der Waals surface area contributed by atoms with Gasteiger partial charge in [0.25, 0.3) is 0 Å². The third-order valence-corrected chi connectivity index (χ3v) is 5.97. The van der Waals surface area contributed by atoms with Crippen molar-refractivity contribution in [1.29, 1.82) is 0 Å². The summed E-state index contributed by atoms with van der Waals surface area (Å²) in [6.45, 7) is 0. The standard InChI is InChI=1S/C22H17BrFN5O3/c1-32-20-8-16(24)19(29(30)31)9-17(20)26-22-25-10-15(23)21(27-22)14-11-28(12-6-7-12)18-5-3-2-4-13(14)18/h2-5,8-12H,6-7H2,1H3,(H,25,26,27). The molecule has 2 aromatic carbocycles. The van der Waals surface area contributed by atoms with E-state index >= 15 is 0 Å². The quantitative estimate of drug-likeness (QED) is 0.259. The van der Waals surface area contributed by atoms with E-state index in [1.165, 1.54) is 7.11 Å². The number of methoxy groups -OCH3 is 1. The summed E-state index contributed by atoms with van der Waals surface area (Å²) in [6.07, 6.45) is 6.01. The fraction of sp³-hybridized carbons (Fsp3) is 0.182. The van der Waals surface area contributed by atoms with Crippen molar-refractivity contribution in [1.82, 2.24) is 14.5 Å². The summed E-state index contributed by atoms with van der Waals surface area (Å²) < 4.78 is 22.1. The van der Waals surface area contributed by atoms with Crippen molar-refractivity contribution in [2.75, 3.05) is 12.4 Å². The minimum atomic E-state index is -0.984. The molecular weight excluding hydrogens is 481 g/mol. The maximum atomic E-state index is 14.0. The number of nitrogens with zero attached hydrogens (tertiary/aromatic N) is 4. The molecule has 8 nitrogen and oxygen atoms in total. The lowest BCUT2D eigenvalue weighted by molar-refractivity contribution is -0.387. The number of anilines is 2. The molecule has 2 aromatic heterocycles. The van der Waals surface area contributed by atoms with Gasteiger partial charge in [-0.1, -0.05) is 18.2 Å². The SMILES string of the molecule is COc1cc(F)c([N+](=O)[O-])cc1Nc1ncc(Br)c(-c2cn(C3CC3)c3ccccc23)n1. The third-order valence-electron chi connectivity index (χ3n) is 5.39. The Bertz CT molecular complexity index is 1370. The van der Waals surface area contributed by atoms with E-state index in [-0.39, 0.29) is 17.4 Å². The number of halogens is 2. The van der Waals surface area contributed by atoms with Gasteiger partial charge in [0.05, 0.1) is 27.9 Å². The molecule has 0 amide bonds. The number of hydrogen-bond donors (Lipinski definition) is 1. The molecule has 10 heteroatoms. The minimum absolute atomic E-state index is 0.103. The molecule has 0 radical (unpaired) electrons. The number of nitro benzene ring substituents is 1. The van der Waals surface area contributed by atoms with E-state index in [1.54, 1.807) is 6.20 Å². The molecular formula is C22H17BrFN5O3. The zero-order valence-corrected chi connectivity index (χ0v) is 18.5. The summed E-state index contributed by atoms with van der Waals surface area (Å²) in [5, 5.41) is 15.2. The van der Waals surface area contributed by atoms with E-state index in [4.69, 9.17) is 4.74 Å². The fourth-order valence-electron chi connectivity index (χ4n) is 3.73. The van der Waals surface area contributed by atoms with Gasteiger partial charge in [0.1, 0.15) is 5.75 Å². The van der Waals surface area contributed by atoms with Gasteiger partial charge in [-0.15, -0.1) is 0 Å². The highest BCUT2D eigenvalue weighted by Gasteiger charge is 2.27. The van der Waals surface area contributed by atoms with Crippen molar-refractivity contribution in [3.8, 4) is 17.0 Å². The topological polar surface area (TPSA) is 95.1 Å². The fourth-order valence-corrected chi connectivity index (χ4v) is 4.14. The number of nitro groups is 1. The van der Waals surface area contributed by atoms with Crippen LogP contribution in [0.3, 0.4) is 0 Å². The second-order valence-electron chi connectivity index (χ2n) is 7.47. The molecule has 0 bridgehead atoms. The molecule has 0 atom stereocenters. The van der Waals surface area contributed by atoms with Gasteiger partial charge in [0.15, 0.2) is 0 Å². The molecule has 0 saturated heterocycles. The van der Waals surface area contributed by atoms with Gasteiger partial charge in [-0.25, -0.2) is 9.97 Å². The highest BCUT2D eigenvalue weighted by Crippen LogP contribution is 2.42. The number of nitrogens with one attached hydrogen (secondary N) is 1. The largest absolute Gasteiger partial charge is 0.494 e. The lowest BCUT2D eigenvalue weighted by Gasteiger charge is -2.11. The van der Waals surface area contributed by atoms with Crippen molar-refractivity contribution < 1.29 is 14.1 Å². The van der Waals surface area contributed by atoms with Crippen molar-refractivity contribution in [2.24, 2.45) is 0 Å². The zero-order chi connectivity index (χ0) is 22.4. The molecule has 1 N–H and O–H groups in total. The average molecular weight is 498 g/mol. The first kappa shape index (κ1) is 20.4. The summed E-state index contributed by atoms with van der Waals surface area (Å²) >= 11 is 3.54. The highest BCUT2D eigenvalue weighted by molar-refractivity contribution is 9.10.